The number of benzene rings is 1. The van der Waals surface area contributed by atoms with Crippen LogP contribution in [0.25, 0.3) is 11.5 Å². The van der Waals surface area contributed by atoms with Crippen molar-refractivity contribution in [3.8, 4) is 11.5 Å². The van der Waals surface area contributed by atoms with Crippen molar-refractivity contribution in [3.05, 3.63) is 30.7 Å². The summed E-state index contributed by atoms with van der Waals surface area (Å²) in [7, 11) is 0. The van der Waals surface area contributed by atoms with Crippen LogP contribution in [-0.4, -0.2) is 16.2 Å². The average molecular weight is 255 g/mol. The van der Waals surface area contributed by atoms with Crippen LogP contribution in [0.3, 0.4) is 0 Å². The summed E-state index contributed by atoms with van der Waals surface area (Å²) in [4.78, 5) is 0. The van der Waals surface area contributed by atoms with Gasteiger partial charge >= 0.3 is 0 Å². The van der Waals surface area contributed by atoms with E-state index < -0.39 is 0 Å². The Hall–Kier alpha value is -1.84. The zero-order chi connectivity index (χ0) is 12.7. The first-order valence-electron chi connectivity index (χ1n) is 7.03. The van der Waals surface area contributed by atoms with Gasteiger partial charge in [0, 0.05) is 17.3 Å². The predicted octanol–water partition coefficient (Wildman–Crippen LogP) is 3.34. The van der Waals surface area contributed by atoms with Gasteiger partial charge in [-0.1, -0.05) is 0 Å². The molecule has 19 heavy (non-hydrogen) atoms. The normalized spacial score (nSPS) is 18.8. The molecule has 1 aromatic carbocycles. The Morgan fingerprint density at radius 2 is 1.74 bits per heavy atom. The summed E-state index contributed by atoms with van der Waals surface area (Å²) in [6.45, 7) is 0. The molecule has 1 heterocycles. The summed E-state index contributed by atoms with van der Waals surface area (Å²) in [5.74, 6) is 2.39. The molecule has 2 aromatic rings. The first kappa shape index (κ1) is 11.0. The van der Waals surface area contributed by atoms with E-state index in [2.05, 4.69) is 27.6 Å². The van der Waals surface area contributed by atoms with E-state index in [1.165, 1.54) is 37.8 Å². The van der Waals surface area contributed by atoms with Crippen molar-refractivity contribution in [2.24, 2.45) is 11.8 Å². The molecule has 98 valence electrons. The molecule has 0 saturated heterocycles. The number of aromatic nitrogens is 2. The highest BCUT2D eigenvalue weighted by molar-refractivity contribution is 5.58. The molecular formula is C15H17N3O. The van der Waals surface area contributed by atoms with Gasteiger partial charge in [-0.05, 0) is 61.8 Å². The maximum atomic E-state index is 5.19. The van der Waals surface area contributed by atoms with Crippen molar-refractivity contribution in [2.75, 3.05) is 5.32 Å². The second-order valence-electron chi connectivity index (χ2n) is 5.67. The minimum Gasteiger partial charge on any atom is -0.423 e. The molecule has 2 aliphatic rings. The van der Waals surface area contributed by atoms with Crippen LogP contribution < -0.4 is 5.32 Å². The molecule has 0 radical (unpaired) electrons. The number of rotatable bonds is 5. The van der Waals surface area contributed by atoms with Crippen LogP contribution in [0.4, 0.5) is 5.69 Å². The van der Waals surface area contributed by atoms with E-state index in [1.54, 1.807) is 0 Å². The maximum absolute atomic E-state index is 5.19. The zero-order valence-electron chi connectivity index (χ0n) is 10.7. The summed E-state index contributed by atoms with van der Waals surface area (Å²) in [6, 6.07) is 8.97. The van der Waals surface area contributed by atoms with Gasteiger partial charge < -0.3 is 9.73 Å². The van der Waals surface area contributed by atoms with Gasteiger partial charge in [-0.3, -0.25) is 0 Å². The van der Waals surface area contributed by atoms with Gasteiger partial charge in [0.05, 0.1) is 0 Å². The molecule has 0 spiro atoms. The van der Waals surface area contributed by atoms with Gasteiger partial charge in [0.25, 0.3) is 0 Å². The Morgan fingerprint density at radius 1 is 1.05 bits per heavy atom. The fraction of sp³-hybridized carbons (Fsp3) is 0.467. The first-order valence-corrected chi connectivity index (χ1v) is 7.03. The average Bonchev–Trinajstić information content (AvgIpc) is 3.37. The third-order valence-electron chi connectivity index (χ3n) is 4.08. The number of nitrogens with one attached hydrogen (secondary N) is 1. The van der Waals surface area contributed by atoms with Gasteiger partial charge in [0.15, 0.2) is 0 Å². The largest absolute Gasteiger partial charge is 0.423 e. The molecule has 2 fully saturated rings. The first-order chi connectivity index (χ1) is 9.40. The maximum Gasteiger partial charge on any atom is 0.247 e. The molecule has 4 heteroatoms. The molecule has 2 aliphatic carbocycles. The summed E-state index contributed by atoms with van der Waals surface area (Å²) < 4.78 is 5.19. The van der Waals surface area contributed by atoms with Crippen molar-refractivity contribution < 1.29 is 4.42 Å². The lowest BCUT2D eigenvalue weighted by atomic mass is 10.1. The minimum atomic E-state index is 0.576. The van der Waals surface area contributed by atoms with E-state index in [0.29, 0.717) is 11.9 Å². The SMILES string of the molecule is c1nnc(-c2ccc(NC(C3CC3)C3CC3)cc2)o1. The summed E-state index contributed by atoms with van der Waals surface area (Å²) in [5, 5.41) is 11.3. The predicted molar refractivity (Wildman–Crippen MR) is 72.6 cm³/mol. The van der Waals surface area contributed by atoms with Crippen LogP contribution in [-0.2, 0) is 0 Å². The Labute approximate surface area is 112 Å². The Bertz CT molecular complexity index is 529. The molecule has 0 unspecified atom stereocenters. The van der Waals surface area contributed by atoms with Crippen LogP contribution in [0, 0.1) is 11.8 Å². The molecule has 1 N–H and O–H groups in total. The lowest BCUT2D eigenvalue weighted by Gasteiger charge is -2.19. The fourth-order valence-corrected chi connectivity index (χ4v) is 2.73. The summed E-state index contributed by atoms with van der Waals surface area (Å²) in [6.07, 6.45) is 6.95. The molecule has 4 nitrogen and oxygen atoms in total. The van der Waals surface area contributed by atoms with Crippen LogP contribution >= 0.6 is 0 Å². The Kier molecular flexibility index (Phi) is 2.53. The van der Waals surface area contributed by atoms with E-state index in [9.17, 15) is 0 Å². The Morgan fingerprint density at radius 3 is 2.26 bits per heavy atom. The quantitative estimate of drug-likeness (QED) is 0.890. The monoisotopic (exact) mass is 255 g/mol. The van der Waals surface area contributed by atoms with Crippen LogP contribution in [0.1, 0.15) is 25.7 Å². The molecule has 1 aromatic heterocycles. The molecule has 0 aliphatic heterocycles. The van der Waals surface area contributed by atoms with E-state index in [0.717, 1.165) is 17.4 Å². The van der Waals surface area contributed by atoms with Crippen molar-refractivity contribution in [1.29, 1.82) is 0 Å². The summed E-state index contributed by atoms with van der Waals surface area (Å²) >= 11 is 0. The second-order valence-corrected chi connectivity index (χ2v) is 5.67. The third-order valence-corrected chi connectivity index (χ3v) is 4.08. The molecule has 4 rings (SSSR count). The highest BCUT2D eigenvalue weighted by Gasteiger charge is 2.41. The molecule has 0 amide bonds. The number of anilines is 1. The van der Waals surface area contributed by atoms with E-state index in [-0.39, 0.29) is 0 Å². The van der Waals surface area contributed by atoms with Gasteiger partial charge in [-0.2, -0.15) is 0 Å². The fourth-order valence-electron chi connectivity index (χ4n) is 2.73. The van der Waals surface area contributed by atoms with Crippen molar-refractivity contribution in [2.45, 2.75) is 31.7 Å². The van der Waals surface area contributed by atoms with Gasteiger partial charge in [0.1, 0.15) is 0 Å². The van der Waals surface area contributed by atoms with Crippen molar-refractivity contribution >= 4 is 5.69 Å². The highest BCUT2D eigenvalue weighted by atomic mass is 16.4. The lowest BCUT2D eigenvalue weighted by molar-refractivity contribution is 0.567. The lowest BCUT2D eigenvalue weighted by Crippen LogP contribution is -2.24. The second kappa shape index (κ2) is 4.37. The van der Waals surface area contributed by atoms with Gasteiger partial charge in [-0.25, -0.2) is 0 Å². The molecule has 0 bridgehead atoms. The Balaban J connectivity index is 1.49. The minimum absolute atomic E-state index is 0.576. The van der Waals surface area contributed by atoms with E-state index >= 15 is 0 Å². The van der Waals surface area contributed by atoms with Crippen LogP contribution in [0.2, 0.25) is 0 Å². The molecule has 2 saturated carbocycles. The van der Waals surface area contributed by atoms with Crippen molar-refractivity contribution in [3.63, 3.8) is 0 Å². The van der Waals surface area contributed by atoms with Crippen molar-refractivity contribution in [1.82, 2.24) is 10.2 Å². The third kappa shape index (κ3) is 2.35. The topological polar surface area (TPSA) is 51.0 Å². The van der Waals surface area contributed by atoms with Gasteiger partial charge in [0.2, 0.25) is 12.3 Å². The zero-order valence-corrected chi connectivity index (χ0v) is 10.7. The molecule has 0 atom stereocenters. The summed E-state index contributed by atoms with van der Waals surface area (Å²) in [5.41, 5.74) is 2.17. The van der Waals surface area contributed by atoms with Gasteiger partial charge in [-0.15, -0.1) is 10.2 Å². The van der Waals surface area contributed by atoms with E-state index in [4.69, 9.17) is 4.42 Å². The van der Waals surface area contributed by atoms with Crippen LogP contribution in [0.15, 0.2) is 35.1 Å². The number of hydrogen-bond donors (Lipinski definition) is 1. The highest BCUT2D eigenvalue weighted by Crippen LogP contribution is 2.45. The number of hydrogen-bond acceptors (Lipinski definition) is 4. The standard InChI is InChI=1S/C15H17N3O/c1-2-10(1)14(11-3-4-11)17-13-7-5-12(6-8-13)15-18-16-9-19-15/h5-11,14,17H,1-4H2. The van der Waals surface area contributed by atoms with E-state index in [1.807, 2.05) is 12.1 Å². The smallest absolute Gasteiger partial charge is 0.247 e. The van der Waals surface area contributed by atoms with Crippen LogP contribution in [0.5, 0.6) is 0 Å². The molecular weight excluding hydrogens is 238 g/mol. The number of nitrogens with zero attached hydrogens (tertiary/aromatic N) is 2.